The van der Waals surface area contributed by atoms with Crippen LogP contribution in [0.5, 0.6) is 0 Å². The van der Waals surface area contributed by atoms with E-state index in [0.29, 0.717) is 0 Å². The third-order valence-corrected chi connectivity index (χ3v) is 3.14. The van der Waals surface area contributed by atoms with E-state index in [4.69, 9.17) is 5.73 Å². The molecule has 0 aliphatic heterocycles. The minimum atomic E-state index is -0.0567. The van der Waals surface area contributed by atoms with Crippen LogP contribution in [0.25, 0.3) is 5.65 Å². The number of nitrogens with two attached hydrogens (primary N) is 1. The Labute approximate surface area is 87.3 Å². The molecule has 5 nitrogen and oxygen atoms in total. The molecule has 0 atom stereocenters. The Morgan fingerprint density at radius 3 is 3.00 bits per heavy atom. The number of rotatable bonds is 2. The summed E-state index contributed by atoms with van der Waals surface area (Å²) in [6.07, 6.45) is 7.65. The smallest absolute Gasteiger partial charge is 0.163 e. The van der Waals surface area contributed by atoms with Gasteiger partial charge in [0.05, 0.1) is 0 Å². The first-order chi connectivity index (χ1) is 7.27. The molecular weight excluding hydrogens is 190 g/mol. The molecule has 0 spiro atoms. The lowest BCUT2D eigenvalue weighted by Gasteiger charge is -2.37. The van der Waals surface area contributed by atoms with E-state index in [1.165, 1.54) is 6.42 Å². The van der Waals surface area contributed by atoms with Crippen LogP contribution in [0.4, 0.5) is 0 Å². The maximum absolute atomic E-state index is 6.18. The standard InChI is InChI=1S/C10H13N5/c11-10(3-1-4-10)6-9-14-13-8-2-5-12-7-15(8)9/h2,5,7H,1,3-4,6,11H2. The summed E-state index contributed by atoms with van der Waals surface area (Å²) in [6.45, 7) is 0. The first-order valence-corrected chi connectivity index (χ1v) is 5.19. The Hall–Kier alpha value is -1.49. The monoisotopic (exact) mass is 203 g/mol. The topological polar surface area (TPSA) is 69.1 Å². The molecule has 2 aromatic heterocycles. The van der Waals surface area contributed by atoms with E-state index < -0.39 is 0 Å². The zero-order chi connectivity index (χ0) is 10.3. The highest BCUT2D eigenvalue weighted by atomic mass is 15.3. The van der Waals surface area contributed by atoms with Crippen molar-refractivity contribution < 1.29 is 0 Å². The van der Waals surface area contributed by atoms with Crippen LogP contribution in [0.2, 0.25) is 0 Å². The fourth-order valence-corrected chi connectivity index (χ4v) is 2.03. The Kier molecular flexibility index (Phi) is 1.76. The van der Waals surface area contributed by atoms with E-state index in [0.717, 1.165) is 30.7 Å². The first-order valence-electron chi connectivity index (χ1n) is 5.19. The lowest BCUT2D eigenvalue weighted by atomic mass is 9.75. The molecule has 3 rings (SSSR count). The summed E-state index contributed by atoms with van der Waals surface area (Å²) < 4.78 is 1.91. The third kappa shape index (κ3) is 1.39. The van der Waals surface area contributed by atoms with Crippen molar-refractivity contribution in [2.24, 2.45) is 5.73 Å². The van der Waals surface area contributed by atoms with E-state index in [-0.39, 0.29) is 5.54 Å². The fraction of sp³-hybridized carbons (Fsp3) is 0.500. The van der Waals surface area contributed by atoms with Crippen molar-refractivity contribution in [3.63, 3.8) is 0 Å². The van der Waals surface area contributed by atoms with Gasteiger partial charge in [-0.05, 0) is 19.3 Å². The molecule has 0 saturated heterocycles. The van der Waals surface area contributed by atoms with Gasteiger partial charge in [-0.2, -0.15) is 0 Å². The van der Waals surface area contributed by atoms with Crippen molar-refractivity contribution in [2.45, 2.75) is 31.2 Å². The van der Waals surface area contributed by atoms with Gasteiger partial charge in [-0.3, -0.25) is 4.40 Å². The number of hydrogen-bond acceptors (Lipinski definition) is 4. The van der Waals surface area contributed by atoms with Crippen LogP contribution in [0.15, 0.2) is 18.6 Å². The Balaban J connectivity index is 1.97. The van der Waals surface area contributed by atoms with Gasteiger partial charge in [0.2, 0.25) is 0 Å². The molecule has 2 N–H and O–H groups in total. The van der Waals surface area contributed by atoms with Gasteiger partial charge in [0, 0.05) is 24.2 Å². The molecule has 1 fully saturated rings. The Bertz CT molecular complexity index is 485. The van der Waals surface area contributed by atoms with E-state index in [2.05, 4.69) is 15.2 Å². The van der Waals surface area contributed by atoms with Crippen LogP contribution in [-0.4, -0.2) is 25.1 Å². The quantitative estimate of drug-likeness (QED) is 0.773. The molecule has 15 heavy (non-hydrogen) atoms. The van der Waals surface area contributed by atoms with Crippen molar-refractivity contribution in [3.05, 3.63) is 24.4 Å². The average Bonchev–Trinajstić information content (AvgIpc) is 2.60. The summed E-state index contributed by atoms with van der Waals surface area (Å²) in [6, 6.07) is 1.85. The zero-order valence-electron chi connectivity index (χ0n) is 8.43. The minimum absolute atomic E-state index is 0.0567. The van der Waals surface area contributed by atoms with Crippen molar-refractivity contribution in [2.75, 3.05) is 0 Å². The summed E-state index contributed by atoms with van der Waals surface area (Å²) in [7, 11) is 0. The van der Waals surface area contributed by atoms with Gasteiger partial charge < -0.3 is 5.73 Å². The van der Waals surface area contributed by atoms with Crippen molar-refractivity contribution >= 4 is 5.65 Å². The first kappa shape index (κ1) is 8.79. The number of hydrogen-bond donors (Lipinski definition) is 1. The van der Waals surface area contributed by atoms with E-state index in [1.807, 2.05) is 10.5 Å². The average molecular weight is 203 g/mol. The molecule has 2 aromatic rings. The zero-order valence-corrected chi connectivity index (χ0v) is 8.43. The van der Waals surface area contributed by atoms with Gasteiger partial charge in [0.25, 0.3) is 0 Å². The summed E-state index contributed by atoms with van der Waals surface area (Å²) in [5.74, 6) is 0.917. The maximum atomic E-state index is 6.18. The molecular formula is C10H13N5. The molecule has 0 bridgehead atoms. The number of fused-ring (bicyclic) bond motifs is 1. The molecule has 0 unspecified atom stereocenters. The highest BCUT2D eigenvalue weighted by Gasteiger charge is 2.34. The molecule has 1 saturated carbocycles. The molecule has 1 aliphatic rings. The van der Waals surface area contributed by atoms with Crippen LogP contribution < -0.4 is 5.73 Å². The van der Waals surface area contributed by atoms with Crippen LogP contribution in [-0.2, 0) is 6.42 Å². The van der Waals surface area contributed by atoms with Crippen molar-refractivity contribution in [1.29, 1.82) is 0 Å². The van der Waals surface area contributed by atoms with Gasteiger partial charge in [0.15, 0.2) is 5.65 Å². The number of aromatic nitrogens is 4. The van der Waals surface area contributed by atoms with E-state index in [1.54, 1.807) is 12.5 Å². The van der Waals surface area contributed by atoms with Crippen LogP contribution in [0.1, 0.15) is 25.1 Å². The summed E-state index contributed by atoms with van der Waals surface area (Å²) in [4.78, 5) is 4.06. The van der Waals surface area contributed by atoms with E-state index >= 15 is 0 Å². The second-order valence-corrected chi connectivity index (χ2v) is 4.32. The molecule has 78 valence electrons. The molecule has 0 aromatic carbocycles. The minimum Gasteiger partial charge on any atom is -0.325 e. The third-order valence-electron chi connectivity index (χ3n) is 3.14. The maximum Gasteiger partial charge on any atom is 0.163 e. The molecule has 1 aliphatic carbocycles. The Morgan fingerprint density at radius 1 is 1.40 bits per heavy atom. The largest absolute Gasteiger partial charge is 0.325 e. The van der Waals surface area contributed by atoms with Gasteiger partial charge in [-0.25, -0.2) is 4.98 Å². The highest BCUT2D eigenvalue weighted by molar-refractivity contribution is 5.35. The summed E-state index contributed by atoms with van der Waals surface area (Å²) in [5.41, 5.74) is 6.96. The normalized spacial score (nSPS) is 19.0. The summed E-state index contributed by atoms with van der Waals surface area (Å²) in [5, 5.41) is 8.23. The van der Waals surface area contributed by atoms with Gasteiger partial charge in [-0.1, -0.05) is 0 Å². The van der Waals surface area contributed by atoms with Crippen molar-refractivity contribution in [3.8, 4) is 0 Å². The van der Waals surface area contributed by atoms with Crippen LogP contribution in [0, 0.1) is 0 Å². The molecule has 2 heterocycles. The molecule has 0 amide bonds. The predicted octanol–water partition coefficient (Wildman–Crippen LogP) is 0.548. The summed E-state index contributed by atoms with van der Waals surface area (Å²) >= 11 is 0. The van der Waals surface area contributed by atoms with Crippen LogP contribution >= 0.6 is 0 Å². The lowest BCUT2D eigenvalue weighted by Crippen LogP contribution is -2.48. The molecule has 5 heteroatoms. The number of nitrogens with zero attached hydrogens (tertiary/aromatic N) is 4. The second-order valence-electron chi connectivity index (χ2n) is 4.32. The van der Waals surface area contributed by atoms with Gasteiger partial charge in [-0.15, -0.1) is 10.2 Å². The molecule has 0 radical (unpaired) electrons. The predicted molar refractivity (Wildman–Crippen MR) is 55.3 cm³/mol. The second kappa shape index (κ2) is 3.00. The fourth-order valence-electron chi connectivity index (χ4n) is 2.03. The van der Waals surface area contributed by atoms with Gasteiger partial charge >= 0.3 is 0 Å². The SMILES string of the molecule is NC1(Cc2nnc3ccncn23)CCC1. The van der Waals surface area contributed by atoms with Crippen molar-refractivity contribution in [1.82, 2.24) is 19.6 Å². The Morgan fingerprint density at radius 2 is 2.27 bits per heavy atom. The lowest BCUT2D eigenvalue weighted by molar-refractivity contribution is 0.243. The highest BCUT2D eigenvalue weighted by Crippen LogP contribution is 2.31. The van der Waals surface area contributed by atoms with E-state index in [9.17, 15) is 0 Å². The van der Waals surface area contributed by atoms with Gasteiger partial charge in [0.1, 0.15) is 12.2 Å². The van der Waals surface area contributed by atoms with Crippen LogP contribution in [0.3, 0.4) is 0 Å².